The van der Waals surface area contributed by atoms with E-state index >= 15 is 0 Å². The molecule has 1 N–H and O–H groups in total. The Hall–Kier alpha value is -1.61. The molecule has 2 nitrogen and oxygen atoms in total. The Kier molecular flexibility index (Phi) is 2.56. The van der Waals surface area contributed by atoms with Gasteiger partial charge in [0.25, 0.3) is 0 Å². The van der Waals surface area contributed by atoms with Crippen LogP contribution >= 0.6 is 11.6 Å². The Balaban J connectivity index is 2.54. The van der Waals surface area contributed by atoms with Crippen molar-refractivity contribution in [2.24, 2.45) is 0 Å². The van der Waals surface area contributed by atoms with E-state index in [9.17, 15) is 9.18 Å². The van der Waals surface area contributed by atoms with Gasteiger partial charge in [0.2, 0.25) is 5.56 Å². The number of aromatic amines is 1. The lowest BCUT2D eigenvalue weighted by atomic mass is 10.1. The van der Waals surface area contributed by atoms with Gasteiger partial charge in [-0.3, -0.25) is 4.79 Å². The van der Waals surface area contributed by atoms with Crippen molar-refractivity contribution in [2.75, 3.05) is 0 Å². The van der Waals surface area contributed by atoms with Crippen LogP contribution in [0.5, 0.6) is 0 Å². The largest absolute Gasteiger partial charge is 0.328 e. The molecule has 0 aliphatic heterocycles. The zero-order valence-corrected chi connectivity index (χ0v) is 8.38. The summed E-state index contributed by atoms with van der Waals surface area (Å²) in [5.74, 6) is -0.381. The molecule has 0 radical (unpaired) electrons. The Labute approximate surface area is 90.3 Å². The lowest BCUT2D eigenvalue weighted by Crippen LogP contribution is -2.01. The predicted molar refractivity (Wildman–Crippen MR) is 57.5 cm³/mol. The van der Waals surface area contributed by atoms with E-state index in [0.717, 1.165) is 5.56 Å². The first-order valence-corrected chi connectivity index (χ1v) is 4.69. The summed E-state index contributed by atoms with van der Waals surface area (Å²) in [6.45, 7) is 0. The van der Waals surface area contributed by atoms with Gasteiger partial charge in [-0.25, -0.2) is 4.39 Å². The molecule has 0 aliphatic rings. The standard InChI is InChI=1S/C11H7ClFNO/c12-10-5-8(13)2-3-9(10)7-1-4-11(15)14-6-7/h1-6H,(H,14,15). The Morgan fingerprint density at radius 3 is 2.60 bits per heavy atom. The number of hydrogen-bond acceptors (Lipinski definition) is 1. The van der Waals surface area contributed by atoms with Crippen LogP contribution in [0.4, 0.5) is 4.39 Å². The van der Waals surface area contributed by atoms with Crippen molar-refractivity contribution in [2.45, 2.75) is 0 Å². The molecule has 1 aromatic heterocycles. The maximum absolute atomic E-state index is 12.8. The fraction of sp³-hybridized carbons (Fsp3) is 0. The molecule has 76 valence electrons. The van der Waals surface area contributed by atoms with Gasteiger partial charge in [0.05, 0.1) is 5.02 Å². The van der Waals surface area contributed by atoms with Crippen LogP contribution in [0.2, 0.25) is 5.02 Å². The van der Waals surface area contributed by atoms with Crippen molar-refractivity contribution in [1.82, 2.24) is 4.98 Å². The highest BCUT2D eigenvalue weighted by molar-refractivity contribution is 6.33. The van der Waals surface area contributed by atoms with Crippen LogP contribution in [0.25, 0.3) is 11.1 Å². The monoisotopic (exact) mass is 223 g/mol. The molecule has 0 saturated carbocycles. The van der Waals surface area contributed by atoms with Crippen molar-refractivity contribution in [3.8, 4) is 11.1 Å². The van der Waals surface area contributed by atoms with E-state index in [2.05, 4.69) is 4.98 Å². The fourth-order valence-corrected chi connectivity index (χ4v) is 1.58. The maximum Gasteiger partial charge on any atom is 0.247 e. The van der Waals surface area contributed by atoms with E-state index in [0.29, 0.717) is 10.6 Å². The van der Waals surface area contributed by atoms with Crippen molar-refractivity contribution in [3.63, 3.8) is 0 Å². The van der Waals surface area contributed by atoms with Gasteiger partial charge in [0.15, 0.2) is 0 Å². The van der Waals surface area contributed by atoms with E-state index in [1.165, 1.54) is 18.2 Å². The molecule has 0 spiro atoms. The van der Waals surface area contributed by atoms with E-state index in [1.807, 2.05) is 0 Å². The molecular weight excluding hydrogens is 217 g/mol. The van der Waals surface area contributed by atoms with E-state index in [1.54, 1.807) is 18.3 Å². The second-order valence-corrected chi connectivity index (χ2v) is 3.47. The molecule has 1 heterocycles. The van der Waals surface area contributed by atoms with Crippen molar-refractivity contribution in [1.29, 1.82) is 0 Å². The second-order valence-electron chi connectivity index (χ2n) is 3.07. The molecule has 1 aromatic carbocycles. The number of hydrogen-bond donors (Lipinski definition) is 1. The molecule has 4 heteroatoms. The molecule has 0 atom stereocenters. The molecule has 2 rings (SSSR count). The molecule has 15 heavy (non-hydrogen) atoms. The van der Waals surface area contributed by atoms with Gasteiger partial charge in [0.1, 0.15) is 5.82 Å². The van der Waals surface area contributed by atoms with Gasteiger partial charge in [-0.05, 0) is 29.8 Å². The topological polar surface area (TPSA) is 32.9 Å². The summed E-state index contributed by atoms with van der Waals surface area (Å²) < 4.78 is 12.8. The quantitative estimate of drug-likeness (QED) is 0.792. The van der Waals surface area contributed by atoms with Gasteiger partial charge in [-0.1, -0.05) is 11.6 Å². The average Bonchev–Trinajstić information content (AvgIpc) is 2.20. The van der Waals surface area contributed by atoms with Gasteiger partial charge in [0, 0.05) is 17.8 Å². The lowest BCUT2D eigenvalue weighted by Gasteiger charge is -2.03. The molecule has 0 aliphatic carbocycles. The summed E-state index contributed by atoms with van der Waals surface area (Å²) in [4.78, 5) is 13.4. The first-order valence-electron chi connectivity index (χ1n) is 4.31. The van der Waals surface area contributed by atoms with Crippen LogP contribution in [-0.4, -0.2) is 4.98 Å². The third kappa shape index (κ3) is 2.07. The van der Waals surface area contributed by atoms with Crippen molar-refractivity contribution >= 4 is 11.6 Å². The van der Waals surface area contributed by atoms with Gasteiger partial charge >= 0.3 is 0 Å². The smallest absolute Gasteiger partial charge is 0.247 e. The number of H-pyrrole nitrogens is 1. The third-order valence-corrected chi connectivity index (χ3v) is 2.34. The van der Waals surface area contributed by atoms with Crippen LogP contribution in [0.1, 0.15) is 0 Å². The minimum atomic E-state index is -0.381. The van der Waals surface area contributed by atoms with Crippen LogP contribution in [0.15, 0.2) is 41.3 Å². The van der Waals surface area contributed by atoms with Crippen LogP contribution < -0.4 is 5.56 Å². The Morgan fingerprint density at radius 1 is 1.20 bits per heavy atom. The molecule has 2 aromatic rings. The normalized spacial score (nSPS) is 10.3. The summed E-state index contributed by atoms with van der Waals surface area (Å²) in [6, 6.07) is 7.17. The Morgan fingerprint density at radius 2 is 2.00 bits per heavy atom. The van der Waals surface area contributed by atoms with Gasteiger partial charge in [-0.15, -0.1) is 0 Å². The summed E-state index contributed by atoms with van der Waals surface area (Å²) >= 11 is 5.87. The van der Waals surface area contributed by atoms with Crippen molar-refractivity contribution < 1.29 is 4.39 Å². The zero-order valence-electron chi connectivity index (χ0n) is 7.63. The average molecular weight is 224 g/mol. The molecule has 0 fully saturated rings. The van der Waals surface area contributed by atoms with Crippen molar-refractivity contribution in [3.05, 3.63) is 57.7 Å². The SMILES string of the molecule is O=c1ccc(-c2ccc(F)cc2Cl)c[nH]1. The highest BCUT2D eigenvalue weighted by atomic mass is 35.5. The predicted octanol–water partition coefficient (Wildman–Crippen LogP) is 2.83. The van der Waals surface area contributed by atoms with Gasteiger partial charge < -0.3 is 4.98 Å². The number of pyridine rings is 1. The molecular formula is C11H7ClFNO. The molecule has 0 bridgehead atoms. The minimum Gasteiger partial charge on any atom is -0.328 e. The van der Waals surface area contributed by atoms with Crippen LogP contribution in [0, 0.1) is 5.82 Å². The zero-order chi connectivity index (χ0) is 10.8. The molecule has 0 amide bonds. The third-order valence-electron chi connectivity index (χ3n) is 2.03. The summed E-state index contributed by atoms with van der Waals surface area (Å²) in [5.41, 5.74) is 1.26. The van der Waals surface area contributed by atoms with E-state index in [4.69, 9.17) is 11.6 Å². The lowest BCUT2D eigenvalue weighted by molar-refractivity contribution is 0.628. The maximum atomic E-state index is 12.8. The van der Waals surface area contributed by atoms with Crippen LogP contribution in [0.3, 0.4) is 0 Å². The summed E-state index contributed by atoms with van der Waals surface area (Å²) in [7, 11) is 0. The van der Waals surface area contributed by atoms with E-state index in [-0.39, 0.29) is 11.4 Å². The highest BCUT2D eigenvalue weighted by Gasteiger charge is 2.04. The first kappa shape index (κ1) is 9.93. The molecule has 0 saturated heterocycles. The number of nitrogens with one attached hydrogen (secondary N) is 1. The number of benzene rings is 1. The summed E-state index contributed by atoms with van der Waals surface area (Å²) in [5, 5.41) is 0.321. The highest BCUT2D eigenvalue weighted by Crippen LogP contribution is 2.27. The number of rotatable bonds is 1. The Bertz CT molecular complexity index is 530. The second kappa shape index (κ2) is 3.87. The number of aromatic nitrogens is 1. The van der Waals surface area contributed by atoms with Gasteiger partial charge in [-0.2, -0.15) is 0 Å². The summed E-state index contributed by atoms with van der Waals surface area (Å²) in [6.07, 6.45) is 1.54. The minimum absolute atomic E-state index is 0.183. The van der Waals surface area contributed by atoms with E-state index < -0.39 is 0 Å². The molecule has 0 unspecified atom stereocenters. The first-order chi connectivity index (χ1) is 7.16. The number of halogens is 2. The van der Waals surface area contributed by atoms with Crippen LogP contribution in [-0.2, 0) is 0 Å². The fourth-order valence-electron chi connectivity index (χ4n) is 1.30.